The number of hydrogen-bond donors (Lipinski definition) is 2. The van der Waals surface area contributed by atoms with Crippen molar-refractivity contribution >= 4 is 34.5 Å². The minimum absolute atomic E-state index is 0.126. The SMILES string of the molecule is CCOC(=O)N1CCN(C(=O)Nc2nc(CC(=O)NCc3ccc(OC)cc3)cs2)CC1. The van der Waals surface area contributed by atoms with Crippen molar-refractivity contribution in [2.45, 2.75) is 19.9 Å². The van der Waals surface area contributed by atoms with Gasteiger partial charge in [0.15, 0.2) is 5.13 Å². The lowest BCUT2D eigenvalue weighted by Gasteiger charge is -2.33. The Morgan fingerprint density at radius 1 is 1.09 bits per heavy atom. The highest BCUT2D eigenvalue weighted by Crippen LogP contribution is 2.17. The van der Waals surface area contributed by atoms with Gasteiger partial charge in [-0.2, -0.15) is 0 Å². The molecule has 172 valence electrons. The molecule has 32 heavy (non-hydrogen) atoms. The molecule has 0 atom stereocenters. The van der Waals surface area contributed by atoms with E-state index < -0.39 is 0 Å². The van der Waals surface area contributed by atoms with Crippen LogP contribution >= 0.6 is 11.3 Å². The van der Waals surface area contributed by atoms with Crippen LogP contribution in [0.1, 0.15) is 18.2 Å². The topological polar surface area (TPSA) is 113 Å². The molecule has 2 N–H and O–H groups in total. The van der Waals surface area contributed by atoms with Gasteiger partial charge in [0.2, 0.25) is 5.91 Å². The van der Waals surface area contributed by atoms with E-state index >= 15 is 0 Å². The second kappa shape index (κ2) is 11.3. The van der Waals surface area contributed by atoms with Gasteiger partial charge in [-0.05, 0) is 24.6 Å². The zero-order valence-corrected chi connectivity index (χ0v) is 18.9. The summed E-state index contributed by atoms with van der Waals surface area (Å²) in [6, 6.07) is 7.18. The number of thiazole rings is 1. The van der Waals surface area contributed by atoms with Crippen LogP contribution in [0.25, 0.3) is 0 Å². The Kier molecular flexibility index (Phi) is 8.26. The summed E-state index contributed by atoms with van der Waals surface area (Å²) in [6.07, 6.45) is -0.233. The van der Waals surface area contributed by atoms with Crippen molar-refractivity contribution in [1.29, 1.82) is 0 Å². The summed E-state index contributed by atoms with van der Waals surface area (Å²) >= 11 is 1.27. The molecule has 0 saturated carbocycles. The van der Waals surface area contributed by atoms with Gasteiger partial charge >= 0.3 is 12.1 Å². The van der Waals surface area contributed by atoms with Gasteiger partial charge in [-0.25, -0.2) is 14.6 Å². The maximum Gasteiger partial charge on any atom is 0.409 e. The molecule has 0 unspecified atom stereocenters. The number of ether oxygens (including phenoxy) is 2. The molecular formula is C21H27N5O5S. The normalized spacial score (nSPS) is 13.4. The van der Waals surface area contributed by atoms with E-state index in [0.717, 1.165) is 11.3 Å². The maximum atomic E-state index is 12.5. The van der Waals surface area contributed by atoms with Crippen LogP contribution in [0, 0.1) is 0 Å². The summed E-state index contributed by atoms with van der Waals surface area (Å²) in [5, 5.41) is 7.80. The van der Waals surface area contributed by atoms with Gasteiger partial charge in [0.25, 0.3) is 0 Å². The third-order valence-electron chi connectivity index (χ3n) is 4.85. The summed E-state index contributed by atoms with van der Waals surface area (Å²) < 4.78 is 10.1. The predicted octanol–water partition coefficient (Wildman–Crippen LogP) is 2.32. The largest absolute Gasteiger partial charge is 0.497 e. The molecule has 1 fully saturated rings. The first-order chi connectivity index (χ1) is 15.5. The number of piperazine rings is 1. The van der Waals surface area contributed by atoms with Crippen molar-refractivity contribution in [1.82, 2.24) is 20.1 Å². The molecule has 4 amide bonds. The Bertz CT molecular complexity index is 925. The Morgan fingerprint density at radius 2 is 1.78 bits per heavy atom. The highest BCUT2D eigenvalue weighted by molar-refractivity contribution is 7.13. The van der Waals surface area contributed by atoms with Crippen LogP contribution < -0.4 is 15.4 Å². The second-order valence-corrected chi connectivity index (χ2v) is 7.91. The monoisotopic (exact) mass is 461 g/mol. The Balaban J connectivity index is 1.41. The number of nitrogens with one attached hydrogen (secondary N) is 2. The molecular weight excluding hydrogens is 434 g/mol. The Hall–Kier alpha value is -3.34. The van der Waals surface area contributed by atoms with E-state index in [-0.39, 0.29) is 24.5 Å². The van der Waals surface area contributed by atoms with Gasteiger partial charge in [0, 0.05) is 38.1 Å². The fraction of sp³-hybridized carbons (Fsp3) is 0.429. The smallest absolute Gasteiger partial charge is 0.409 e. The molecule has 0 spiro atoms. The highest BCUT2D eigenvalue weighted by atomic mass is 32.1. The fourth-order valence-corrected chi connectivity index (χ4v) is 3.79. The van der Waals surface area contributed by atoms with Crippen molar-refractivity contribution < 1.29 is 23.9 Å². The van der Waals surface area contributed by atoms with E-state index in [9.17, 15) is 14.4 Å². The summed E-state index contributed by atoms with van der Waals surface area (Å²) in [6.45, 7) is 4.16. The van der Waals surface area contributed by atoms with Gasteiger partial charge in [-0.15, -0.1) is 11.3 Å². The summed E-state index contributed by atoms with van der Waals surface area (Å²) in [7, 11) is 1.60. The Labute approximate surface area is 190 Å². The number of rotatable bonds is 7. The number of anilines is 1. The van der Waals surface area contributed by atoms with E-state index in [1.807, 2.05) is 24.3 Å². The second-order valence-electron chi connectivity index (χ2n) is 7.05. The molecule has 2 heterocycles. The van der Waals surface area contributed by atoms with Crippen molar-refractivity contribution in [3.63, 3.8) is 0 Å². The van der Waals surface area contributed by atoms with Crippen LogP contribution in [-0.4, -0.2) is 72.7 Å². The van der Waals surface area contributed by atoms with Gasteiger partial charge < -0.3 is 24.6 Å². The molecule has 3 rings (SSSR count). The van der Waals surface area contributed by atoms with E-state index in [0.29, 0.717) is 50.2 Å². The zero-order chi connectivity index (χ0) is 22.9. The first kappa shape index (κ1) is 23.3. The maximum absolute atomic E-state index is 12.5. The lowest BCUT2D eigenvalue weighted by Crippen LogP contribution is -2.51. The molecule has 0 bridgehead atoms. The molecule has 1 aromatic carbocycles. The predicted molar refractivity (Wildman–Crippen MR) is 120 cm³/mol. The number of nitrogens with zero attached hydrogens (tertiary/aromatic N) is 3. The zero-order valence-electron chi connectivity index (χ0n) is 18.1. The molecule has 1 aliphatic rings. The molecule has 1 aliphatic heterocycles. The number of aromatic nitrogens is 1. The first-order valence-electron chi connectivity index (χ1n) is 10.3. The lowest BCUT2D eigenvalue weighted by atomic mass is 10.2. The molecule has 2 aromatic rings. The van der Waals surface area contributed by atoms with Crippen molar-refractivity contribution in [3.8, 4) is 5.75 Å². The van der Waals surface area contributed by atoms with Crippen molar-refractivity contribution in [3.05, 3.63) is 40.9 Å². The first-order valence-corrected chi connectivity index (χ1v) is 11.2. The van der Waals surface area contributed by atoms with Gasteiger partial charge in [0.1, 0.15) is 5.75 Å². The van der Waals surface area contributed by atoms with Gasteiger partial charge in [-0.1, -0.05) is 12.1 Å². The standard InChI is InChI=1S/C21H27N5O5S/c1-3-31-21(29)26-10-8-25(9-11-26)20(28)24-19-23-16(14-32-19)12-18(27)22-13-15-4-6-17(30-2)7-5-15/h4-7,14H,3,8-13H2,1-2H3,(H,22,27)(H,23,24,28). The van der Waals surface area contributed by atoms with Gasteiger partial charge in [-0.3, -0.25) is 10.1 Å². The van der Waals surface area contributed by atoms with Crippen LogP contribution in [0.5, 0.6) is 5.75 Å². The lowest BCUT2D eigenvalue weighted by molar-refractivity contribution is -0.120. The minimum Gasteiger partial charge on any atom is -0.497 e. The van der Waals surface area contributed by atoms with Crippen LogP contribution in [0.2, 0.25) is 0 Å². The Morgan fingerprint density at radius 3 is 2.44 bits per heavy atom. The van der Waals surface area contributed by atoms with Crippen molar-refractivity contribution in [2.24, 2.45) is 0 Å². The van der Waals surface area contributed by atoms with Gasteiger partial charge in [0.05, 0.1) is 25.8 Å². The number of amides is 4. The summed E-state index contributed by atoms with van der Waals surface area (Å²) in [5.74, 6) is 0.608. The molecule has 11 heteroatoms. The molecule has 0 aliphatic carbocycles. The fourth-order valence-electron chi connectivity index (χ4n) is 3.09. The average molecular weight is 462 g/mol. The van der Waals surface area contributed by atoms with Crippen LogP contribution in [-0.2, 0) is 22.5 Å². The third kappa shape index (κ3) is 6.58. The molecule has 10 nitrogen and oxygen atoms in total. The quantitative estimate of drug-likeness (QED) is 0.654. The highest BCUT2D eigenvalue weighted by Gasteiger charge is 2.25. The molecule has 1 saturated heterocycles. The van der Waals surface area contributed by atoms with Crippen LogP contribution in [0.4, 0.5) is 14.7 Å². The molecule has 1 aromatic heterocycles. The number of benzene rings is 1. The summed E-state index contributed by atoms with van der Waals surface area (Å²) in [5.41, 5.74) is 1.55. The van der Waals surface area contributed by atoms with E-state index in [4.69, 9.17) is 9.47 Å². The number of carbonyl (C=O) groups is 3. The van der Waals surface area contributed by atoms with E-state index in [1.165, 1.54) is 11.3 Å². The third-order valence-corrected chi connectivity index (χ3v) is 5.66. The average Bonchev–Trinajstić information content (AvgIpc) is 3.24. The van der Waals surface area contributed by atoms with E-state index in [1.54, 1.807) is 29.2 Å². The number of urea groups is 1. The molecule has 0 radical (unpaired) electrons. The van der Waals surface area contributed by atoms with E-state index in [2.05, 4.69) is 15.6 Å². The number of methoxy groups -OCH3 is 1. The summed E-state index contributed by atoms with van der Waals surface area (Å²) in [4.78, 5) is 44.0. The number of carbonyl (C=O) groups excluding carboxylic acids is 3. The van der Waals surface area contributed by atoms with Crippen molar-refractivity contribution in [2.75, 3.05) is 45.2 Å². The minimum atomic E-state index is -0.359. The number of hydrogen-bond acceptors (Lipinski definition) is 7. The van der Waals surface area contributed by atoms with Crippen LogP contribution in [0.3, 0.4) is 0 Å². The van der Waals surface area contributed by atoms with Crippen LogP contribution in [0.15, 0.2) is 29.6 Å².